The van der Waals surface area contributed by atoms with Gasteiger partial charge in [-0.1, -0.05) is 12.8 Å². The highest BCUT2D eigenvalue weighted by molar-refractivity contribution is 5.82. The first kappa shape index (κ1) is 30.4. The molecule has 228 valence electrons. The molecular formula is C32H55N3O5. The first-order chi connectivity index (χ1) is 19.4. The highest BCUT2D eigenvalue weighted by Crippen LogP contribution is 2.42. The average molecular weight is 562 g/mol. The molecule has 0 spiro atoms. The molecular weight excluding hydrogens is 506 g/mol. The average Bonchev–Trinajstić information content (AvgIpc) is 3.55. The van der Waals surface area contributed by atoms with Crippen LogP contribution in [0.1, 0.15) is 97.3 Å². The molecule has 7 atom stereocenters. The lowest BCUT2D eigenvalue weighted by Crippen LogP contribution is -2.49. The number of hydroxylamine groups is 2. The maximum Gasteiger partial charge on any atom is 0.240 e. The Balaban J connectivity index is 1.13. The molecule has 8 heteroatoms. The Labute approximate surface area is 241 Å². The SMILES string of the molecule is CC(=O)C1CCC(C2CCC(CN3O[C@H]([C@@H](C)O)[C@H](CO)[C@@H]3C(=O)NCCC3CNC4CCCCC34)CC2)CC1. The number of aliphatic hydroxyl groups is 2. The summed E-state index contributed by atoms with van der Waals surface area (Å²) >= 11 is 0. The smallest absolute Gasteiger partial charge is 0.240 e. The lowest BCUT2D eigenvalue weighted by atomic mass is 9.69. The number of nitrogens with one attached hydrogen (secondary N) is 2. The van der Waals surface area contributed by atoms with Gasteiger partial charge in [0.05, 0.1) is 12.7 Å². The van der Waals surface area contributed by atoms with Crippen LogP contribution in [0.25, 0.3) is 0 Å². The Kier molecular flexibility index (Phi) is 10.6. The largest absolute Gasteiger partial charge is 0.396 e. The van der Waals surface area contributed by atoms with Gasteiger partial charge in [0.2, 0.25) is 5.91 Å². The molecule has 0 aromatic rings. The molecule has 8 nitrogen and oxygen atoms in total. The second-order valence-electron chi connectivity index (χ2n) is 14.0. The van der Waals surface area contributed by atoms with Crippen molar-refractivity contribution in [3.05, 3.63) is 0 Å². The van der Waals surface area contributed by atoms with Crippen LogP contribution in [0.15, 0.2) is 0 Å². The van der Waals surface area contributed by atoms with Crippen LogP contribution in [0.5, 0.6) is 0 Å². The molecule has 5 rings (SSSR count). The first-order valence-corrected chi connectivity index (χ1v) is 16.6. The Hall–Kier alpha value is -1.06. The van der Waals surface area contributed by atoms with E-state index >= 15 is 0 Å². The second-order valence-corrected chi connectivity index (χ2v) is 14.0. The van der Waals surface area contributed by atoms with Gasteiger partial charge < -0.3 is 20.8 Å². The van der Waals surface area contributed by atoms with Gasteiger partial charge in [-0.2, -0.15) is 5.06 Å². The molecule has 0 aromatic carbocycles. The second kappa shape index (κ2) is 13.9. The van der Waals surface area contributed by atoms with E-state index in [4.69, 9.17) is 4.84 Å². The number of hydrogen-bond donors (Lipinski definition) is 4. The van der Waals surface area contributed by atoms with E-state index in [2.05, 4.69) is 10.6 Å². The van der Waals surface area contributed by atoms with Gasteiger partial charge in [-0.05, 0) is 121 Å². The van der Waals surface area contributed by atoms with Gasteiger partial charge in [-0.25, -0.2) is 0 Å². The van der Waals surface area contributed by atoms with Crippen molar-refractivity contribution in [2.24, 2.45) is 41.4 Å². The van der Waals surface area contributed by atoms with E-state index in [1.165, 1.54) is 51.4 Å². The molecule has 3 aliphatic carbocycles. The van der Waals surface area contributed by atoms with E-state index in [1.54, 1.807) is 13.8 Å². The third-order valence-corrected chi connectivity index (χ3v) is 11.6. The summed E-state index contributed by atoms with van der Waals surface area (Å²) in [6.45, 7) is 5.60. The van der Waals surface area contributed by atoms with Crippen molar-refractivity contribution < 1.29 is 24.6 Å². The quantitative estimate of drug-likeness (QED) is 0.323. The number of carbonyl (C=O) groups excluding carboxylic acids is 2. The van der Waals surface area contributed by atoms with Crippen LogP contribution in [0.4, 0.5) is 0 Å². The number of fused-ring (bicyclic) bond motifs is 1. The lowest BCUT2D eigenvalue weighted by molar-refractivity contribution is -0.193. The standard InChI is InChI=1S/C32H55N3O5/c1-20(37)23-11-13-25(14-12-23)24-9-7-22(8-10-24)18-35-30(28(19-36)31(40-35)21(2)38)32(39)33-16-15-26-17-34-29-6-4-3-5-27(26)29/h21-31,34,36,38H,3-19H2,1-2H3,(H,33,39)/t21-,22?,23?,24?,25?,26?,27?,28-,29?,30-,31-/m1/s1. The number of rotatable bonds is 10. The van der Waals surface area contributed by atoms with E-state index < -0.39 is 24.2 Å². The van der Waals surface area contributed by atoms with Crippen molar-refractivity contribution in [2.45, 2.75) is 122 Å². The van der Waals surface area contributed by atoms with Crippen molar-refractivity contribution in [1.82, 2.24) is 15.7 Å². The maximum atomic E-state index is 13.6. The minimum atomic E-state index is -0.758. The number of hydrogen-bond acceptors (Lipinski definition) is 7. The molecule has 2 aliphatic heterocycles. The van der Waals surface area contributed by atoms with Gasteiger partial charge in [0, 0.05) is 31.0 Å². The van der Waals surface area contributed by atoms with Gasteiger partial charge in [-0.15, -0.1) is 0 Å². The summed E-state index contributed by atoms with van der Waals surface area (Å²) in [5.41, 5.74) is 0. The number of ketones is 1. The van der Waals surface area contributed by atoms with Crippen molar-refractivity contribution in [3.8, 4) is 0 Å². The third kappa shape index (κ3) is 6.94. The minimum absolute atomic E-state index is 0.0794. The van der Waals surface area contributed by atoms with Crippen molar-refractivity contribution >= 4 is 11.7 Å². The Morgan fingerprint density at radius 3 is 2.33 bits per heavy atom. The Bertz CT molecular complexity index is 838. The Morgan fingerprint density at radius 1 is 1.00 bits per heavy atom. The summed E-state index contributed by atoms with van der Waals surface area (Å²) < 4.78 is 0. The summed E-state index contributed by atoms with van der Waals surface area (Å²) in [7, 11) is 0. The molecule has 2 heterocycles. The molecule has 0 aromatic heterocycles. The number of amides is 1. The van der Waals surface area contributed by atoms with Crippen LogP contribution >= 0.6 is 0 Å². The van der Waals surface area contributed by atoms with Crippen LogP contribution < -0.4 is 10.6 Å². The summed E-state index contributed by atoms with van der Waals surface area (Å²) in [5.74, 6) is 3.41. The fourth-order valence-electron chi connectivity index (χ4n) is 9.15. The van der Waals surface area contributed by atoms with Gasteiger partial charge in [0.25, 0.3) is 0 Å². The van der Waals surface area contributed by atoms with Crippen molar-refractivity contribution in [1.29, 1.82) is 0 Å². The van der Waals surface area contributed by atoms with Crippen LogP contribution in [-0.4, -0.2) is 77.5 Å². The van der Waals surface area contributed by atoms with E-state index in [0.29, 0.717) is 36.8 Å². The lowest BCUT2D eigenvalue weighted by Gasteiger charge is -2.38. The number of aliphatic hydroxyl groups excluding tert-OH is 2. The van der Waals surface area contributed by atoms with Crippen LogP contribution in [0, 0.1) is 41.4 Å². The normalized spacial score (nSPS) is 41.4. The fraction of sp³-hybridized carbons (Fsp3) is 0.938. The molecule has 0 radical (unpaired) electrons. The summed E-state index contributed by atoms with van der Waals surface area (Å²) in [5, 5.41) is 29.4. The zero-order chi connectivity index (χ0) is 28.2. The van der Waals surface area contributed by atoms with E-state index in [0.717, 1.165) is 56.4 Å². The Morgan fingerprint density at radius 2 is 1.68 bits per heavy atom. The third-order valence-electron chi connectivity index (χ3n) is 11.6. The number of carbonyl (C=O) groups is 2. The van der Waals surface area contributed by atoms with Gasteiger partial charge in [0.1, 0.15) is 17.9 Å². The molecule has 2 saturated heterocycles. The maximum absolute atomic E-state index is 13.6. The zero-order valence-electron chi connectivity index (χ0n) is 24.9. The van der Waals surface area contributed by atoms with Gasteiger partial charge in [-0.3, -0.25) is 14.4 Å². The zero-order valence-corrected chi connectivity index (χ0v) is 24.9. The number of nitrogens with zero attached hydrogens (tertiary/aromatic N) is 1. The summed E-state index contributed by atoms with van der Waals surface area (Å²) in [6, 6.07) is 0.0812. The topological polar surface area (TPSA) is 111 Å². The molecule has 3 unspecified atom stereocenters. The minimum Gasteiger partial charge on any atom is -0.396 e. The van der Waals surface area contributed by atoms with Crippen LogP contribution in [-0.2, 0) is 14.4 Å². The molecule has 5 aliphatic rings. The van der Waals surface area contributed by atoms with E-state index in [1.807, 2.05) is 5.06 Å². The molecule has 5 fully saturated rings. The van der Waals surface area contributed by atoms with E-state index in [9.17, 15) is 19.8 Å². The highest BCUT2D eigenvalue weighted by atomic mass is 16.7. The number of Topliss-reactive ketones (excluding diaryl/α,β-unsaturated/α-hetero) is 1. The van der Waals surface area contributed by atoms with Crippen molar-refractivity contribution in [2.75, 3.05) is 26.2 Å². The van der Waals surface area contributed by atoms with Gasteiger partial charge >= 0.3 is 0 Å². The molecule has 40 heavy (non-hydrogen) atoms. The van der Waals surface area contributed by atoms with Crippen molar-refractivity contribution in [3.63, 3.8) is 0 Å². The molecule has 1 amide bonds. The molecule has 3 saturated carbocycles. The predicted octanol–water partition coefficient (Wildman–Crippen LogP) is 3.45. The summed E-state index contributed by atoms with van der Waals surface area (Å²) in [6.07, 6.45) is 14.0. The van der Waals surface area contributed by atoms with Crippen LogP contribution in [0.3, 0.4) is 0 Å². The highest BCUT2D eigenvalue weighted by Gasteiger charge is 2.49. The fourth-order valence-corrected chi connectivity index (χ4v) is 9.15. The monoisotopic (exact) mass is 561 g/mol. The summed E-state index contributed by atoms with van der Waals surface area (Å²) in [4.78, 5) is 31.5. The van der Waals surface area contributed by atoms with E-state index in [-0.39, 0.29) is 18.4 Å². The molecule has 0 bridgehead atoms. The molecule has 4 N–H and O–H groups in total. The predicted molar refractivity (Wildman–Crippen MR) is 154 cm³/mol. The van der Waals surface area contributed by atoms with Gasteiger partial charge in [0.15, 0.2) is 0 Å². The first-order valence-electron chi connectivity index (χ1n) is 16.6. The van der Waals surface area contributed by atoms with Crippen LogP contribution in [0.2, 0.25) is 0 Å².